The van der Waals surface area contributed by atoms with Gasteiger partial charge in [0, 0.05) is 5.92 Å². The van der Waals surface area contributed by atoms with Crippen LogP contribution in [0.3, 0.4) is 0 Å². The van der Waals surface area contributed by atoms with Gasteiger partial charge in [-0.3, -0.25) is 0 Å². The Hall–Kier alpha value is -1.05. The first-order valence-electron chi connectivity index (χ1n) is 7.22. The van der Waals surface area contributed by atoms with E-state index < -0.39 is 0 Å². The van der Waals surface area contributed by atoms with Gasteiger partial charge in [0.2, 0.25) is 0 Å². The lowest BCUT2D eigenvalue weighted by molar-refractivity contribution is 0.284. The molecule has 2 nitrogen and oxygen atoms in total. The Morgan fingerprint density at radius 2 is 2.33 bits per heavy atom. The van der Waals surface area contributed by atoms with Crippen molar-refractivity contribution in [3.05, 3.63) is 23.3 Å². The van der Waals surface area contributed by atoms with E-state index in [0.717, 1.165) is 24.5 Å². The van der Waals surface area contributed by atoms with Gasteiger partial charge in [-0.15, -0.1) is 0 Å². The zero-order chi connectivity index (χ0) is 13.0. The second kappa shape index (κ2) is 6.21. The van der Waals surface area contributed by atoms with Gasteiger partial charge in [-0.25, -0.2) is 0 Å². The number of hydrogen-bond acceptors (Lipinski definition) is 2. The minimum Gasteiger partial charge on any atom is -0.411 e. The van der Waals surface area contributed by atoms with Crippen LogP contribution < -0.4 is 0 Å². The van der Waals surface area contributed by atoms with Crippen LogP contribution in [0.4, 0.5) is 0 Å². The molecule has 18 heavy (non-hydrogen) atoms. The van der Waals surface area contributed by atoms with Crippen molar-refractivity contribution in [2.45, 2.75) is 58.8 Å². The third-order valence-electron chi connectivity index (χ3n) is 4.34. The summed E-state index contributed by atoms with van der Waals surface area (Å²) in [5.41, 5.74) is 4.08. The Labute approximate surface area is 110 Å². The van der Waals surface area contributed by atoms with Crippen LogP contribution in [0.25, 0.3) is 0 Å². The van der Waals surface area contributed by atoms with Gasteiger partial charge < -0.3 is 5.21 Å². The molecule has 0 spiro atoms. The monoisotopic (exact) mass is 247 g/mol. The molecule has 2 heteroatoms. The van der Waals surface area contributed by atoms with Crippen LogP contribution in [-0.2, 0) is 0 Å². The van der Waals surface area contributed by atoms with Gasteiger partial charge in [0.25, 0.3) is 0 Å². The molecule has 0 amide bonds. The van der Waals surface area contributed by atoms with Crippen LogP contribution in [-0.4, -0.2) is 10.9 Å². The molecule has 0 bridgehead atoms. The van der Waals surface area contributed by atoms with E-state index in [1.165, 1.54) is 37.7 Å². The molecule has 2 aliphatic carbocycles. The number of fused-ring (bicyclic) bond motifs is 1. The molecule has 1 saturated carbocycles. The predicted octanol–water partition coefficient (Wildman–Crippen LogP) is 4.70. The minimum atomic E-state index is 0.524. The van der Waals surface area contributed by atoms with Crippen LogP contribution in [0.2, 0.25) is 0 Å². The van der Waals surface area contributed by atoms with E-state index in [1.54, 1.807) is 5.57 Å². The summed E-state index contributed by atoms with van der Waals surface area (Å²) in [6.45, 7) is 4.33. The highest BCUT2D eigenvalue weighted by atomic mass is 16.4. The van der Waals surface area contributed by atoms with E-state index in [4.69, 9.17) is 5.21 Å². The van der Waals surface area contributed by atoms with Crippen LogP contribution in [0, 0.1) is 11.8 Å². The lowest BCUT2D eigenvalue weighted by atomic mass is 9.70. The highest BCUT2D eigenvalue weighted by Crippen LogP contribution is 2.39. The molecule has 2 aliphatic rings. The van der Waals surface area contributed by atoms with Crippen molar-refractivity contribution in [1.29, 1.82) is 0 Å². The largest absolute Gasteiger partial charge is 0.411 e. The fourth-order valence-corrected chi connectivity index (χ4v) is 3.37. The van der Waals surface area contributed by atoms with Crippen LogP contribution in [0.15, 0.2) is 28.5 Å². The van der Waals surface area contributed by atoms with Crippen LogP contribution in [0.5, 0.6) is 0 Å². The molecule has 0 aromatic rings. The first kappa shape index (κ1) is 13.4. The highest BCUT2D eigenvalue weighted by molar-refractivity contribution is 5.87. The Bertz CT molecular complexity index is 375. The zero-order valence-corrected chi connectivity index (χ0v) is 11.7. The smallest absolute Gasteiger partial charge is 0.0607 e. The van der Waals surface area contributed by atoms with Crippen LogP contribution in [0.1, 0.15) is 58.8 Å². The summed E-state index contributed by atoms with van der Waals surface area (Å²) in [7, 11) is 0. The minimum absolute atomic E-state index is 0.524. The third-order valence-corrected chi connectivity index (χ3v) is 4.34. The van der Waals surface area contributed by atoms with Crippen molar-refractivity contribution in [3.63, 3.8) is 0 Å². The summed E-state index contributed by atoms with van der Waals surface area (Å²) >= 11 is 0. The second-order valence-corrected chi connectivity index (χ2v) is 5.97. The number of hydrogen-bond donors (Lipinski definition) is 1. The molecule has 0 saturated heterocycles. The fourth-order valence-electron chi connectivity index (χ4n) is 3.37. The molecule has 0 radical (unpaired) electrons. The predicted molar refractivity (Wildman–Crippen MR) is 76.0 cm³/mol. The van der Waals surface area contributed by atoms with Gasteiger partial charge in [0.1, 0.15) is 0 Å². The van der Waals surface area contributed by atoms with Gasteiger partial charge in [0.15, 0.2) is 0 Å². The maximum absolute atomic E-state index is 9.06. The van der Waals surface area contributed by atoms with E-state index in [-0.39, 0.29) is 0 Å². The van der Waals surface area contributed by atoms with Gasteiger partial charge in [0.05, 0.1) is 5.71 Å². The maximum Gasteiger partial charge on any atom is 0.0607 e. The van der Waals surface area contributed by atoms with E-state index in [0.29, 0.717) is 5.92 Å². The normalized spacial score (nSPS) is 29.7. The molecular weight excluding hydrogens is 222 g/mol. The molecule has 0 aromatic heterocycles. The van der Waals surface area contributed by atoms with Crippen molar-refractivity contribution in [3.8, 4) is 0 Å². The summed E-state index contributed by atoms with van der Waals surface area (Å²) in [5.74, 6) is 1.26. The Kier molecular flexibility index (Phi) is 4.62. The average molecular weight is 247 g/mol. The molecule has 1 N–H and O–H groups in total. The quantitative estimate of drug-likeness (QED) is 0.437. The maximum atomic E-state index is 9.06. The Balaban J connectivity index is 1.94. The van der Waals surface area contributed by atoms with Gasteiger partial charge in [-0.1, -0.05) is 28.5 Å². The fraction of sp³-hybridized carbons (Fsp3) is 0.688. The standard InChI is InChI=1S/C16H25NO/c1-12(2)5-3-6-13-9-10-15-14(11-13)7-4-8-16(15)17-18/h5,9,14-15,18H,3-4,6-8,10-11H2,1-2H3/b17-16+/t14?,15-/m1/s1. The van der Waals surface area contributed by atoms with E-state index >= 15 is 0 Å². The van der Waals surface area contributed by atoms with Gasteiger partial charge >= 0.3 is 0 Å². The molecule has 100 valence electrons. The van der Waals surface area contributed by atoms with E-state index in [2.05, 4.69) is 31.2 Å². The van der Waals surface area contributed by atoms with Crippen molar-refractivity contribution in [2.24, 2.45) is 17.0 Å². The van der Waals surface area contributed by atoms with Crippen molar-refractivity contribution in [1.82, 2.24) is 0 Å². The molecule has 2 rings (SSSR count). The molecule has 0 aromatic carbocycles. The van der Waals surface area contributed by atoms with E-state index in [1.807, 2.05) is 0 Å². The summed E-state index contributed by atoms with van der Waals surface area (Å²) in [4.78, 5) is 0. The molecule has 2 atom stereocenters. The van der Waals surface area contributed by atoms with Crippen LogP contribution >= 0.6 is 0 Å². The topological polar surface area (TPSA) is 32.6 Å². The molecule has 1 unspecified atom stereocenters. The number of allylic oxidation sites excluding steroid dienone is 4. The highest BCUT2D eigenvalue weighted by Gasteiger charge is 2.32. The average Bonchev–Trinajstić information content (AvgIpc) is 2.37. The Morgan fingerprint density at radius 1 is 1.50 bits per heavy atom. The second-order valence-electron chi connectivity index (χ2n) is 5.97. The zero-order valence-electron chi connectivity index (χ0n) is 11.7. The Morgan fingerprint density at radius 3 is 3.06 bits per heavy atom. The van der Waals surface area contributed by atoms with Crippen molar-refractivity contribution in [2.75, 3.05) is 0 Å². The number of rotatable bonds is 3. The van der Waals surface area contributed by atoms with Crippen molar-refractivity contribution >= 4 is 5.71 Å². The lowest BCUT2D eigenvalue weighted by Gasteiger charge is -2.35. The molecule has 0 heterocycles. The van der Waals surface area contributed by atoms with Gasteiger partial charge in [-0.2, -0.15) is 0 Å². The van der Waals surface area contributed by atoms with E-state index in [9.17, 15) is 0 Å². The summed E-state index contributed by atoms with van der Waals surface area (Å²) in [5, 5.41) is 12.6. The van der Waals surface area contributed by atoms with Crippen molar-refractivity contribution < 1.29 is 5.21 Å². The molecular formula is C16H25NO. The first-order valence-corrected chi connectivity index (χ1v) is 7.22. The number of oxime groups is 1. The molecule has 1 fully saturated rings. The number of nitrogens with zero attached hydrogens (tertiary/aromatic N) is 1. The third kappa shape index (κ3) is 3.24. The summed E-state index contributed by atoms with van der Waals surface area (Å²) in [6, 6.07) is 0. The molecule has 0 aliphatic heterocycles. The summed E-state index contributed by atoms with van der Waals surface area (Å²) in [6.07, 6.45) is 12.9. The summed E-state index contributed by atoms with van der Waals surface area (Å²) < 4.78 is 0. The lowest BCUT2D eigenvalue weighted by Crippen LogP contribution is -2.30. The van der Waals surface area contributed by atoms with Gasteiger partial charge in [-0.05, 0) is 64.7 Å². The SMILES string of the molecule is CC(C)=CCCC1=CC[C@H]2/C(=N/O)CCCC2C1. The first-order chi connectivity index (χ1) is 8.70.